The van der Waals surface area contributed by atoms with Gasteiger partial charge in [-0.05, 0) is 80.5 Å². The fourth-order valence-electron chi connectivity index (χ4n) is 4.61. The molecule has 0 spiro atoms. The van der Waals surface area contributed by atoms with Gasteiger partial charge in [-0.1, -0.05) is 36.4 Å². The lowest BCUT2D eigenvalue weighted by molar-refractivity contribution is -0.161. The maximum atomic E-state index is 13.7. The molecule has 0 radical (unpaired) electrons. The highest BCUT2D eigenvalue weighted by Gasteiger charge is 2.33. The number of benzene rings is 2. The molecule has 1 atom stereocenters. The van der Waals surface area contributed by atoms with Crippen molar-refractivity contribution in [3.8, 4) is 11.1 Å². The molecule has 1 unspecified atom stereocenters. The number of carboxylic acids is 1. The second kappa shape index (κ2) is 10.9. The number of rotatable bonds is 8. The number of hydrogen-bond acceptors (Lipinski definition) is 5. The Labute approximate surface area is 223 Å². The molecule has 198 valence electrons. The van der Waals surface area contributed by atoms with Gasteiger partial charge in [0.25, 0.3) is 5.56 Å². The smallest absolute Gasteiger partial charge is 0.339 e. The third kappa shape index (κ3) is 5.85. The summed E-state index contributed by atoms with van der Waals surface area (Å²) < 4.78 is 7.46. The Morgan fingerprint density at radius 2 is 1.79 bits per heavy atom. The summed E-state index contributed by atoms with van der Waals surface area (Å²) in [6.45, 7) is 10.6. The van der Waals surface area contributed by atoms with Gasteiger partial charge in [-0.25, -0.2) is 4.79 Å². The number of ether oxygens (including phenoxy) is 1. The Kier molecular flexibility index (Phi) is 7.81. The standard InChI is InChI=1S/C31H35N3O4/c1-19-10-12-22(15-20(19)2)26-24-13-11-21(17-32-18-23-9-7-8-14-33-23)16-25(24)29(35)34(6)27(26)28(30(36)37)38-31(3,4)5/h7-16,28,32H,17-18H2,1-6H3,(H,36,37). The summed E-state index contributed by atoms with van der Waals surface area (Å²) in [5, 5.41) is 14.8. The molecule has 0 saturated heterocycles. The topological polar surface area (TPSA) is 93.5 Å². The number of carbonyl (C=O) groups is 1. The monoisotopic (exact) mass is 513 g/mol. The van der Waals surface area contributed by atoms with Crippen molar-refractivity contribution in [3.63, 3.8) is 0 Å². The Morgan fingerprint density at radius 3 is 2.42 bits per heavy atom. The van der Waals surface area contributed by atoms with Crippen LogP contribution in [0.15, 0.2) is 65.6 Å². The molecule has 2 aromatic carbocycles. The summed E-state index contributed by atoms with van der Waals surface area (Å²) in [6, 6.07) is 17.6. The first kappa shape index (κ1) is 27.2. The van der Waals surface area contributed by atoms with Crippen molar-refractivity contribution in [1.82, 2.24) is 14.9 Å². The second-order valence-electron chi connectivity index (χ2n) is 10.7. The van der Waals surface area contributed by atoms with Gasteiger partial charge in [0.05, 0.1) is 17.0 Å². The third-order valence-corrected chi connectivity index (χ3v) is 6.61. The average Bonchev–Trinajstić information content (AvgIpc) is 2.87. The van der Waals surface area contributed by atoms with E-state index < -0.39 is 17.7 Å². The maximum absolute atomic E-state index is 13.7. The van der Waals surface area contributed by atoms with Crippen molar-refractivity contribution in [1.29, 1.82) is 0 Å². The van der Waals surface area contributed by atoms with Crippen molar-refractivity contribution in [2.24, 2.45) is 7.05 Å². The van der Waals surface area contributed by atoms with Gasteiger partial charge in [0.15, 0.2) is 6.10 Å². The van der Waals surface area contributed by atoms with Gasteiger partial charge in [0.1, 0.15) is 0 Å². The first-order chi connectivity index (χ1) is 18.0. The first-order valence-corrected chi connectivity index (χ1v) is 12.7. The minimum atomic E-state index is -1.33. The lowest BCUT2D eigenvalue weighted by Gasteiger charge is -2.28. The molecule has 4 aromatic rings. The molecule has 7 nitrogen and oxygen atoms in total. The Balaban J connectivity index is 1.89. The molecule has 38 heavy (non-hydrogen) atoms. The molecule has 0 aliphatic carbocycles. The van der Waals surface area contributed by atoms with Crippen LogP contribution in [0, 0.1) is 13.8 Å². The summed E-state index contributed by atoms with van der Waals surface area (Å²) in [7, 11) is 1.62. The number of carboxylic acid groups (broad SMARTS) is 1. The number of hydrogen-bond donors (Lipinski definition) is 2. The summed E-state index contributed by atoms with van der Waals surface area (Å²) in [4.78, 5) is 30.5. The van der Waals surface area contributed by atoms with Crippen LogP contribution in [0.2, 0.25) is 0 Å². The van der Waals surface area contributed by atoms with Gasteiger partial charge in [0, 0.05) is 37.3 Å². The molecule has 4 rings (SSSR count). The van der Waals surface area contributed by atoms with Gasteiger partial charge >= 0.3 is 5.97 Å². The normalized spacial score (nSPS) is 12.6. The molecular weight excluding hydrogens is 478 g/mol. The maximum Gasteiger partial charge on any atom is 0.339 e. The lowest BCUT2D eigenvalue weighted by Crippen LogP contribution is -2.33. The molecule has 0 aliphatic heterocycles. The highest BCUT2D eigenvalue weighted by atomic mass is 16.5. The van der Waals surface area contributed by atoms with E-state index >= 15 is 0 Å². The number of aliphatic carboxylic acids is 1. The van der Waals surface area contributed by atoms with E-state index in [1.54, 1.807) is 13.2 Å². The molecule has 7 heteroatoms. The fourth-order valence-corrected chi connectivity index (χ4v) is 4.61. The molecular formula is C31H35N3O4. The zero-order chi connectivity index (χ0) is 27.6. The predicted molar refractivity (Wildman–Crippen MR) is 150 cm³/mol. The van der Waals surface area contributed by atoms with Crippen LogP contribution in [0.3, 0.4) is 0 Å². The van der Waals surface area contributed by atoms with Crippen LogP contribution in [0.4, 0.5) is 0 Å². The van der Waals surface area contributed by atoms with Crippen molar-refractivity contribution >= 4 is 16.7 Å². The summed E-state index contributed by atoms with van der Waals surface area (Å²) in [5.41, 5.74) is 4.95. The molecule has 0 fully saturated rings. The number of aromatic nitrogens is 2. The van der Waals surface area contributed by atoms with Crippen molar-refractivity contribution in [2.75, 3.05) is 0 Å². The van der Waals surface area contributed by atoms with Crippen LogP contribution >= 0.6 is 0 Å². The van der Waals surface area contributed by atoms with E-state index in [1.165, 1.54) is 4.57 Å². The van der Waals surface area contributed by atoms with Crippen LogP contribution < -0.4 is 10.9 Å². The van der Waals surface area contributed by atoms with E-state index in [4.69, 9.17) is 4.74 Å². The predicted octanol–water partition coefficient (Wildman–Crippen LogP) is 5.45. The van der Waals surface area contributed by atoms with Crippen molar-refractivity contribution < 1.29 is 14.6 Å². The molecule has 0 saturated carbocycles. The van der Waals surface area contributed by atoms with E-state index in [9.17, 15) is 14.7 Å². The molecule has 0 aliphatic rings. The lowest BCUT2D eigenvalue weighted by atomic mass is 9.91. The van der Waals surface area contributed by atoms with Crippen LogP contribution in [-0.2, 0) is 29.7 Å². The Bertz CT molecular complexity index is 1540. The molecule has 2 N–H and O–H groups in total. The van der Waals surface area contributed by atoms with Crippen LogP contribution in [0.25, 0.3) is 21.9 Å². The van der Waals surface area contributed by atoms with Crippen LogP contribution in [-0.4, -0.2) is 26.2 Å². The number of aryl methyl sites for hydroxylation is 2. The SMILES string of the molecule is Cc1ccc(-c2c(C(OC(C)(C)C)C(=O)O)n(C)c(=O)c3cc(CNCc4ccccn4)ccc23)cc1C. The first-order valence-electron chi connectivity index (χ1n) is 12.7. The van der Waals surface area contributed by atoms with E-state index in [2.05, 4.69) is 10.3 Å². The van der Waals surface area contributed by atoms with Crippen LogP contribution in [0.1, 0.15) is 55.0 Å². The zero-order valence-electron chi connectivity index (χ0n) is 22.8. The van der Waals surface area contributed by atoms with Gasteiger partial charge < -0.3 is 19.7 Å². The number of pyridine rings is 2. The van der Waals surface area contributed by atoms with Crippen LogP contribution in [0.5, 0.6) is 0 Å². The largest absolute Gasteiger partial charge is 0.479 e. The molecule has 0 amide bonds. The molecule has 0 bridgehead atoms. The average molecular weight is 514 g/mol. The zero-order valence-corrected chi connectivity index (χ0v) is 22.8. The van der Waals surface area contributed by atoms with E-state index in [0.29, 0.717) is 35.1 Å². The van der Waals surface area contributed by atoms with Gasteiger partial charge in [-0.15, -0.1) is 0 Å². The third-order valence-electron chi connectivity index (χ3n) is 6.61. The summed E-state index contributed by atoms with van der Waals surface area (Å²) in [6.07, 6.45) is 0.435. The van der Waals surface area contributed by atoms with Gasteiger partial charge in [0.2, 0.25) is 0 Å². The minimum Gasteiger partial charge on any atom is -0.479 e. The summed E-state index contributed by atoms with van der Waals surface area (Å²) in [5.74, 6) is -1.14. The van der Waals surface area contributed by atoms with Gasteiger partial charge in [-0.2, -0.15) is 0 Å². The minimum absolute atomic E-state index is 0.266. The Morgan fingerprint density at radius 1 is 1.03 bits per heavy atom. The van der Waals surface area contributed by atoms with E-state index in [0.717, 1.165) is 27.9 Å². The highest BCUT2D eigenvalue weighted by Crippen LogP contribution is 2.37. The number of nitrogens with one attached hydrogen (secondary N) is 1. The van der Waals surface area contributed by atoms with E-state index in [1.807, 2.05) is 89.2 Å². The fraction of sp³-hybridized carbons (Fsp3) is 0.323. The van der Waals surface area contributed by atoms with Gasteiger partial charge in [-0.3, -0.25) is 9.78 Å². The van der Waals surface area contributed by atoms with Crippen molar-refractivity contribution in [2.45, 2.75) is 59.4 Å². The number of fused-ring (bicyclic) bond motifs is 1. The Hall–Kier alpha value is -3.81. The quantitative estimate of drug-likeness (QED) is 0.326. The van der Waals surface area contributed by atoms with Crippen molar-refractivity contribution in [3.05, 3.63) is 99.2 Å². The molecule has 2 aromatic heterocycles. The number of nitrogens with zero attached hydrogens (tertiary/aromatic N) is 2. The summed E-state index contributed by atoms with van der Waals surface area (Å²) >= 11 is 0. The molecule has 2 heterocycles. The van der Waals surface area contributed by atoms with E-state index in [-0.39, 0.29) is 5.56 Å². The second-order valence-corrected chi connectivity index (χ2v) is 10.7. The highest BCUT2D eigenvalue weighted by molar-refractivity contribution is 5.99.